The normalized spacial score (nSPS) is 16.0. The first-order valence-electron chi connectivity index (χ1n) is 9.63. The molecular formula is C21H26N2O4. The van der Waals surface area contributed by atoms with Gasteiger partial charge >= 0.3 is 5.97 Å². The fourth-order valence-corrected chi connectivity index (χ4v) is 3.78. The maximum absolute atomic E-state index is 12.6. The molecule has 1 aromatic carbocycles. The molecule has 1 amide bonds. The van der Waals surface area contributed by atoms with Crippen molar-refractivity contribution in [3.05, 3.63) is 42.4 Å². The quantitative estimate of drug-likeness (QED) is 0.724. The summed E-state index contributed by atoms with van der Waals surface area (Å²) >= 11 is 0. The lowest BCUT2D eigenvalue weighted by atomic mass is 9.84. The van der Waals surface area contributed by atoms with Crippen LogP contribution < -0.4 is 5.32 Å². The molecule has 6 nitrogen and oxygen atoms in total. The highest BCUT2D eigenvalue weighted by molar-refractivity contribution is 5.94. The minimum absolute atomic E-state index is 0.0715. The van der Waals surface area contributed by atoms with E-state index >= 15 is 0 Å². The summed E-state index contributed by atoms with van der Waals surface area (Å²) < 4.78 is 5.26. The molecule has 1 atom stereocenters. The Morgan fingerprint density at radius 1 is 1.19 bits per heavy atom. The number of aliphatic carboxylic acids is 1. The zero-order valence-electron chi connectivity index (χ0n) is 15.4. The van der Waals surface area contributed by atoms with Crippen LogP contribution in [0.1, 0.15) is 61.7 Å². The van der Waals surface area contributed by atoms with Gasteiger partial charge in [0.2, 0.25) is 0 Å². The van der Waals surface area contributed by atoms with E-state index in [0.717, 1.165) is 12.0 Å². The van der Waals surface area contributed by atoms with Crippen molar-refractivity contribution in [2.24, 2.45) is 5.92 Å². The van der Waals surface area contributed by atoms with Gasteiger partial charge in [0.15, 0.2) is 12.2 Å². The molecule has 6 heteroatoms. The van der Waals surface area contributed by atoms with Crippen LogP contribution in [0.25, 0.3) is 11.3 Å². The Labute approximate surface area is 159 Å². The molecule has 1 aromatic heterocycles. The average molecular weight is 370 g/mol. The van der Waals surface area contributed by atoms with Gasteiger partial charge in [-0.15, -0.1) is 0 Å². The molecule has 0 aliphatic heterocycles. The number of nitrogens with zero attached hydrogens (tertiary/aromatic N) is 1. The summed E-state index contributed by atoms with van der Waals surface area (Å²) in [6.07, 6.45) is 10.5. The molecule has 1 heterocycles. The third kappa shape index (κ3) is 5.67. The number of oxazole rings is 1. The van der Waals surface area contributed by atoms with Crippen molar-refractivity contribution in [2.75, 3.05) is 0 Å². The van der Waals surface area contributed by atoms with Crippen LogP contribution in [0.2, 0.25) is 0 Å². The fourth-order valence-electron chi connectivity index (χ4n) is 3.78. The molecule has 1 aliphatic rings. The maximum atomic E-state index is 12.6. The Morgan fingerprint density at radius 2 is 1.93 bits per heavy atom. The topological polar surface area (TPSA) is 92.4 Å². The number of benzene rings is 1. The number of amides is 1. The van der Waals surface area contributed by atoms with Crippen LogP contribution in [0.15, 0.2) is 41.3 Å². The van der Waals surface area contributed by atoms with Crippen LogP contribution in [-0.2, 0) is 4.79 Å². The van der Waals surface area contributed by atoms with E-state index in [1.54, 1.807) is 18.3 Å². The number of carboxylic acid groups (broad SMARTS) is 1. The van der Waals surface area contributed by atoms with Crippen LogP contribution in [0, 0.1) is 5.92 Å². The number of carbonyl (C=O) groups is 2. The molecule has 0 saturated heterocycles. The summed E-state index contributed by atoms with van der Waals surface area (Å²) in [6.45, 7) is 0. The molecule has 0 spiro atoms. The smallest absolute Gasteiger partial charge is 0.303 e. The number of carboxylic acids is 1. The predicted molar refractivity (Wildman–Crippen MR) is 101 cm³/mol. The van der Waals surface area contributed by atoms with E-state index in [1.807, 2.05) is 12.1 Å². The van der Waals surface area contributed by atoms with E-state index in [1.165, 1.54) is 38.5 Å². The zero-order valence-corrected chi connectivity index (χ0v) is 15.4. The highest BCUT2D eigenvalue weighted by atomic mass is 16.4. The largest absolute Gasteiger partial charge is 0.481 e. The lowest BCUT2D eigenvalue weighted by Crippen LogP contribution is -2.37. The van der Waals surface area contributed by atoms with Gasteiger partial charge in [-0.25, -0.2) is 4.98 Å². The Bertz CT molecular complexity index is 734. The van der Waals surface area contributed by atoms with Crippen LogP contribution >= 0.6 is 0 Å². The average Bonchev–Trinajstić information content (AvgIpc) is 3.22. The third-order valence-electron chi connectivity index (χ3n) is 5.25. The van der Waals surface area contributed by atoms with Crippen LogP contribution in [0.5, 0.6) is 0 Å². The van der Waals surface area contributed by atoms with Crippen molar-refractivity contribution in [1.82, 2.24) is 10.3 Å². The molecule has 1 unspecified atom stereocenters. The SMILES string of the molecule is O=C(O)CCC(CC1CCCCC1)NC(=O)c1ccc(-c2cnco2)cc1. The summed E-state index contributed by atoms with van der Waals surface area (Å²) in [7, 11) is 0. The summed E-state index contributed by atoms with van der Waals surface area (Å²) in [4.78, 5) is 27.5. The number of rotatable bonds is 8. The van der Waals surface area contributed by atoms with Gasteiger partial charge in [0.05, 0.1) is 6.20 Å². The number of carbonyl (C=O) groups excluding carboxylic acids is 1. The van der Waals surface area contributed by atoms with Gasteiger partial charge in [0, 0.05) is 23.6 Å². The highest BCUT2D eigenvalue weighted by Gasteiger charge is 2.21. The third-order valence-corrected chi connectivity index (χ3v) is 5.25. The van der Waals surface area contributed by atoms with Crippen molar-refractivity contribution in [3.8, 4) is 11.3 Å². The fraction of sp³-hybridized carbons (Fsp3) is 0.476. The lowest BCUT2D eigenvalue weighted by molar-refractivity contribution is -0.137. The molecule has 2 aromatic rings. The molecular weight excluding hydrogens is 344 g/mol. The van der Waals surface area contributed by atoms with Gasteiger partial charge < -0.3 is 14.8 Å². The Kier molecular flexibility index (Phi) is 6.63. The number of nitrogens with one attached hydrogen (secondary N) is 1. The molecule has 27 heavy (non-hydrogen) atoms. The summed E-state index contributed by atoms with van der Waals surface area (Å²) in [6, 6.07) is 7.04. The van der Waals surface area contributed by atoms with Crippen molar-refractivity contribution < 1.29 is 19.1 Å². The molecule has 0 radical (unpaired) electrons. The first-order chi connectivity index (χ1) is 13.1. The van der Waals surface area contributed by atoms with E-state index in [2.05, 4.69) is 10.3 Å². The first kappa shape index (κ1) is 19.1. The van der Waals surface area contributed by atoms with Gasteiger partial charge in [-0.05, 0) is 30.9 Å². The highest BCUT2D eigenvalue weighted by Crippen LogP contribution is 2.28. The monoisotopic (exact) mass is 370 g/mol. The second kappa shape index (κ2) is 9.35. The van der Waals surface area contributed by atoms with E-state index in [-0.39, 0.29) is 18.4 Å². The maximum Gasteiger partial charge on any atom is 0.303 e. The Hall–Kier alpha value is -2.63. The molecule has 2 N–H and O–H groups in total. The summed E-state index contributed by atoms with van der Waals surface area (Å²) in [5.74, 6) is 0.241. The minimum Gasteiger partial charge on any atom is -0.481 e. The second-order valence-electron chi connectivity index (χ2n) is 7.29. The molecule has 1 fully saturated rings. The van der Waals surface area contributed by atoms with E-state index < -0.39 is 5.97 Å². The van der Waals surface area contributed by atoms with Crippen molar-refractivity contribution >= 4 is 11.9 Å². The standard InChI is InChI=1S/C21H26N2O4/c24-20(25)11-10-18(12-15-4-2-1-3-5-15)23-21(26)17-8-6-16(7-9-17)19-13-22-14-27-19/h6-9,13-15,18H,1-5,10-12H2,(H,23,26)(H,24,25). The minimum atomic E-state index is -0.825. The van der Waals surface area contributed by atoms with Crippen LogP contribution in [0.3, 0.4) is 0 Å². The molecule has 1 saturated carbocycles. The van der Waals surface area contributed by atoms with Gasteiger partial charge in [-0.3, -0.25) is 9.59 Å². The Balaban J connectivity index is 1.62. The summed E-state index contributed by atoms with van der Waals surface area (Å²) in [5.41, 5.74) is 1.41. The predicted octanol–water partition coefficient (Wildman–Crippen LogP) is 4.28. The summed E-state index contributed by atoms with van der Waals surface area (Å²) in [5, 5.41) is 12.1. The number of hydrogen-bond donors (Lipinski definition) is 2. The van der Waals surface area contributed by atoms with Crippen LogP contribution in [0.4, 0.5) is 0 Å². The zero-order chi connectivity index (χ0) is 19.1. The number of hydrogen-bond acceptors (Lipinski definition) is 4. The molecule has 0 bridgehead atoms. The van der Waals surface area contributed by atoms with Crippen molar-refractivity contribution in [2.45, 2.75) is 57.4 Å². The van der Waals surface area contributed by atoms with E-state index in [9.17, 15) is 9.59 Å². The molecule has 1 aliphatic carbocycles. The Morgan fingerprint density at radius 3 is 2.56 bits per heavy atom. The van der Waals surface area contributed by atoms with Gasteiger partial charge in [0.1, 0.15) is 0 Å². The number of aromatic nitrogens is 1. The van der Waals surface area contributed by atoms with E-state index in [4.69, 9.17) is 9.52 Å². The van der Waals surface area contributed by atoms with Gasteiger partial charge in [0.25, 0.3) is 5.91 Å². The lowest BCUT2D eigenvalue weighted by Gasteiger charge is -2.27. The van der Waals surface area contributed by atoms with E-state index in [0.29, 0.717) is 23.7 Å². The van der Waals surface area contributed by atoms with Crippen molar-refractivity contribution in [3.63, 3.8) is 0 Å². The van der Waals surface area contributed by atoms with Crippen LogP contribution in [-0.4, -0.2) is 28.0 Å². The first-order valence-corrected chi connectivity index (χ1v) is 9.63. The molecule has 144 valence electrons. The second-order valence-corrected chi connectivity index (χ2v) is 7.29. The van der Waals surface area contributed by atoms with Gasteiger partial charge in [-0.2, -0.15) is 0 Å². The van der Waals surface area contributed by atoms with Crippen molar-refractivity contribution in [1.29, 1.82) is 0 Å². The van der Waals surface area contributed by atoms with Gasteiger partial charge in [-0.1, -0.05) is 44.2 Å². The molecule has 3 rings (SSSR count).